The molecule has 0 bridgehead atoms. The maximum absolute atomic E-state index is 12.0. The van der Waals surface area contributed by atoms with Crippen LogP contribution in [0.2, 0.25) is 0 Å². The van der Waals surface area contributed by atoms with Gasteiger partial charge in [0.2, 0.25) is 0 Å². The van der Waals surface area contributed by atoms with Gasteiger partial charge in [-0.25, -0.2) is 0 Å². The summed E-state index contributed by atoms with van der Waals surface area (Å²) in [6, 6.07) is 5.85. The van der Waals surface area contributed by atoms with E-state index in [1.165, 1.54) is 11.1 Å². The number of rotatable bonds is 6. The molecule has 1 aromatic carbocycles. The fraction of sp³-hybridized carbons (Fsp3) is 0.533. The lowest BCUT2D eigenvalue weighted by molar-refractivity contribution is 0.0587. The van der Waals surface area contributed by atoms with Crippen LogP contribution in [-0.2, 0) is 17.7 Å². The first-order chi connectivity index (χ1) is 9.70. The predicted octanol–water partition coefficient (Wildman–Crippen LogP) is 0.459. The van der Waals surface area contributed by atoms with Crippen LogP contribution in [0.5, 0.6) is 0 Å². The lowest BCUT2D eigenvalue weighted by atomic mass is 9.98. The number of ether oxygens (including phenoxy) is 1. The zero-order chi connectivity index (χ0) is 14.4. The Labute approximate surface area is 119 Å². The number of benzene rings is 1. The second kappa shape index (κ2) is 7.38. The third-order valence-electron chi connectivity index (χ3n) is 3.48. The summed E-state index contributed by atoms with van der Waals surface area (Å²) in [5, 5.41) is 15.6. The number of carbonyl (C=O) groups is 1. The molecule has 0 aromatic heterocycles. The van der Waals surface area contributed by atoms with Crippen molar-refractivity contribution in [2.75, 3.05) is 26.8 Å². The Kier molecular flexibility index (Phi) is 5.52. The number of fused-ring (bicyclic) bond motifs is 1. The largest absolute Gasteiger partial charge is 0.391 e. The molecule has 5 heteroatoms. The maximum atomic E-state index is 12.0. The molecule has 1 aliphatic heterocycles. The van der Waals surface area contributed by atoms with Crippen molar-refractivity contribution in [2.24, 2.45) is 0 Å². The first-order valence-electron chi connectivity index (χ1n) is 6.98. The summed E-state index contributed by atoms with van der Waals surface area (Å²) < 4.78 is 4.84. The highest BCUT2D eigenvalue weighted by molar-refractivity contribution is 5.94. The summed E-state index contributed by atoms with van der Waals surface area (Å²) in [6.45, 7) is 2.55. The number of nitrogens with one attached hydrogen (secondary N) is 2. The van der Waals surface area contributed by atoms with Gasteiger partial charge in [-0.3, -0.25) is 4.79 Å². The van der Waals surface area contributed by atoms with Gasteiger partial charge in [0.1, 0.15) is 0 Å². The topological polar surface area (TPSA) is 70.6 Å². The van der Waals surface area contributed by atoms with Gasteiger partial charge in [-0.05, 0) is 42.6 Å². The van der Waals surface area contributed by atoms with Crippen LogP contribution in [0.1, 0.15) is 27.9 Å². The number of hydrogen-bond donors (Lipinski definition) is 3. The second-order valence-corrected chi connectivity index (χ2v) is 5.06. The van der Waals surface area contributed by atoms with Crippen LogP contribution < -0.4 is 10.6 Å². The van der Waals surface area contributed by atoms with Crippen LogP contribution in [0.15, 0.2) is 18.2 Å². The fourth-order valence-electron chi connectivity index (χ4n) is 2.35. The molecule has 1 heterocycles. The molecular weight excluding hydrogens is 256 g/mol. The molecule has 0 fully saturated rings. The van der Waals surface area contributed by atoms with Crippen molar-refractivity contribution in [3.8, 4) is 0 Å². The zero-order valence-electron chi connectivity index (χ0n) is 11.8. The number of aliphatic hydroxyl groups is 1. The Morgan fingerprint density at radius 1 is 1.50 bits per heavy atom. The lowest BCUT2D eigenvalue weighted by Gasteiger charge is -2.17. The highest BCUT2D eigenvalue weighted by Gasteiger charge is 2.12. The number of hydrogen-bond acceptors (Lipinski definition) is 4. The van der Waals surface area contributed by atoms with E-state index in [1.807, 2.05) is 18.2 Å². The Balaban J connectivity index is 1.86. The number of amides is 1. The zero-order valence-corrected chi connectivity index (χ0v) is 11.8. The molecule has 0 saturated heterocycles. The SMILES string of the molecule is COCC(O)CCNC(=O)c1ccc2c(c1)CNCC2. The van der Waals surface area contributed by atoms with Crippen molar-refractivity contribution in [1.29, 1.82) is 0 Å². The second-order valence-electron chi connectivity index (χ2n) is 5.06. The minimum atomic E-state index is -0.534. The third-order valence-corrected chi connectivity index (χ3v) is 3.48. The Hall–Kier alpha value is -1.43. The normalized spacial score (nSPS) is 15.5. The lowest BCUT2D eigenvalue weighted by Crippen LogP contribution is -2.29. The van der Waals surface area contributed by atoms with Crippen molar-refractivity contribution in [3.63, 3.8) is 0 Å². The van der Waals surface area contributed by atoms with Gasteiger partial charge in [0.25, 0.3) is 5.91 Å². The van der Waals surface area contributed by atoms with Crippen LogP contribution in [0.25, 0.3) is 0 Å². The van der Waals surface area contributed by atoms with Gasteiger partial charge >= 0.3 is 0 Å². The number of carbonyl (C=O) groups excluding carboxylic acids is 1. The first-order valence-corrected chi connectivity index (χ1v) is 6.98. The van der Waals surface area contributed by atoms with Crippen molar-refractivity contribution in [3.05, 3.63) is 34.9 Å². The van der Waals surface area contributed by atoms with E-state index in [2.05, 4.69) is 10.6 Å². The van der Waals surface area contributed by atoms with Crippen LogP contribution in [0, 0.1) is 0 Å². The molecule has 0 aliphatic carbocycles. The molecule has 1 aliphatic rings. The Morgan fingerprint density at radius 2 is 2.35 bits per heavy atom. The van der Waals surface area contributed by atoms with Crippen molar-refractivity contribution in [1.82, 2.24) is 10.6 Å². The first kappa shape index (κ1) is 15.0. The van der Waals surface area contributed by atoms with Crippen molar-refractivity contribution < 1.29 is 14.6 Å². The van der Waals surface area contributed by atoms with Gasteiger partial charge < -0.3 is 20.5 Å². The van der Waals surface area contributed by atoms with Gasteiger partial charge in [-0.2, -0.15) is 0 Å². The van der Waals surface area contributed by atoms with Gasteiger partial charge in [0.05, 0.1) is 12.7 Å². The van der Waals surface area contributed by atoms with Gasteiger partial charge in [0.15, 0.2) is 0 Å². The van der Waals surface area contributed by atoms with Crippen LogP contribution >= 0.6 is 0 Å². The molecule has 0 saturated carbocycles. The van der Waals surface area contributed by atoms with E-state index in [0.29, 0.717) is 25.1 Å². The molecule has 2 rings (SSSR count). The average molecular weight is 278 g/mol. The Morgan fingerprint density at radius 3 is 3.15 bits per heavy atom. The minimum absolute atomic E-state index is 0.0945. The monoisotopic (exact) mass is 278 g/mol. The molecule has 1 aromatic rings. The molecule has 0 radical (unpaired) electrons. The minimum Gasteiger partial charge on any atom is -0.391 e. The van der Waals surface area contributed by atoms with Crippen molar-refractivity contribution in [2.45, 2.75) is 25.5 Å². The van der Waals surface area contributed by atoms with E-state index in [4.69, 9.17) is 4.74 Å². The summed E-state index contributed by atoms with van der Waals surface area (Å²) in [5.74, 6) is -0.0945. The van der Waals surface area contributed by atoms with Crippen LogP contribution in [0.4, 0.5) is 0 Å². The van der Waals surface area contributed by atoms with Crippen LogP contribution in [-0.4, -0.2) is 43.9 Å². The fourth-order valence-corrected chi connectivity index (χ4v) is 2.35. The van der Waals surface area contributed by atoms with Crippen LogP contribution in [0.3, 0.4) is 0 Å². The van der Waals surface area contributed by atoms with E-state index in [9.17, 15) is 9.90 Å². The van der Waals surface area contributed by atoms with Gasteiger partial charge in [-0.15, -0.1) is 0 Å². The molecule has 5 nitrogen and oxygen atoms in total. The summed E-state index contributed by atoms with van der Waals surface area (Å²) in [5.41, 5.74) is 3.19. The van der Waals surface area contributed by atoms with Crippen molar-refractivity contribution >= 4 is 5.91 Å². The predicted molar refractivity (Wildman–Crippen MR) is 76.7 cm³/mol. The average Bonchev–Trinajstić information content (AvgIpc) is 2.47. The maximum Gasteiger partial charge on any atom is 0.251 e. The molecule has 1 atom stereocenters. The van der Waals surface area contributed by atoms with E-state index < -0.39 is 6.10 Å². The molecule has 110 valence electrons. The quantitative estimate of drug-likeness (QED) is 0.707. The summed E-state index contributed by atoms with van der Waals surface area (Å²) in [6.07, 6.45) is 0.972. The number of aliphatic hydroxyl groups excluding tert-OH is 1. The van der Waals surface area contributed by atoms with Gasteiger partial charge in [-0.1, -0.05) is 6.07 Å². The molecular formula is C15H22N2O3. The summed E-state index contributed by atoms with van der Waals surface area (Å²) in [4.78, 5) is 12.0. The molecule has 3 N–H and O–H groups in total. The highest BCUT2D eigenvalue weighted by atomic mass is 16.5. The summed E-state index contributed by atoms with van der Waals surface area (Å²) in [7, 11) is 1.54. The van der Waals surface area contributed by atoms with E-state index >= 15 is 0 Å². The van der Waals surface area contributed by atoms with Gasteiger partial charge in [0, 0.05) is 25.8 Å². The molecule has 1 amide bonds. The molecule has 0 spiro atoms. The van der Waals surface area contributed by atoms with E-state index in [1.54, 1.807) is 7.11 Å². The van der Waals surface area contributed by atoms with E-state index in [0.717, 1.165) is 19.5 Å². The van der Waals surface area contributed by atoms with E-state index in [-0.39, 0.29) is 5.91 Å². The highest BCUT2D eigenvalue weighted by Crippen LogP contribution is 2.15. The standard InChI is InChI=1S/C15H22N2O3/c1-20-10-14(18)5-7-17-15(19)12-3-2-11-4-6-16-9-13(11)8-12/h2-3,8,14,16,18H,4-7,9-10H2,1H3,(H,17,19). The molecule has 1 unspecified atom stereocenters. The number of methoxy groups -OCH3 is 1. The molecule has 20 heavy (non-hydrogen) atoms. The Bertz CT molecular complexity index is 462. The smallest absolute Gasteiger partial charge is 0.251 e. The summed E-state index contributed by atoms with van der Waals surface area (Å²) >= 11 is 0. The third kappa shape index (κ3) is 4.03.